The van der Waals surface area contributed by atoms with Crippen molar-refractivity contribution in [1.29, 1.82) is 0 Å². The van der Waals surface area contributed by atoms with E-state index in [0.29, 0.717) is 18.9 Å². The van der Waals surface area contributed by atoms with Crippen molar-refractivity contribution in [1.82, 2.24) is 10.6 Å². The minimum atomic E-state index is 0. The number of rotatable bonds is 12. The van der Waals surface area contributed by atoms with Crippen molar-refractivity contribution < 1.29 is 9.53 Å². The molecule has 0 aliphatic carbocycles. The fourth-order valence-electron chi connectivity index (χ4n) is 2.48. The van der Waals surface area contributed by atoms with E-state index in [0.717, 1.165) is 56.2 Å². The van der Waals surface area contributed by atoms with Crippen LogP contribution in [0.25, 0.3) is 0 Å². The molecule has 0 unspecified atom stereocenters. The molecule has 0 radical (unpaired) electrons. The molecule has 1 aromatic carbocycles. The van der Waals surface area contributed by atoms with Gasteiger partial charge in [0.25, 0.3) is 0 Å². The van der Waals surface area contributed by atoms with Gasteiger partial charge in [-0.3, -0.25) is 9.79 Å². The molecule has 0 saturated carbocycles. The molecule has 1 rings (SSSR count). The molecule has 0 aliphatic rings. The van der Waals surface area contributed by atoms with Crippen molar-refractivity contribution in [3.05, 3.63) is 29.8 Å². The van der Waals surface area contributed by atoms with Gasteiger partial charge in [-0.05, 0) is 36.5 Å². The number of aliphatic imine (C=N–C) groups is 1. The van der Waals surface area contributed by atoms with Gasteiger partial charge in [0.05, 0.1) is 0 Å². The van der Waals surface area contributed by atoms with Crippen LogP contribution in [0.2, 0.25) is 0 Å². The Hall–Kier alpha value is -1.35. The minimum absolute atomic E-state index is 0. The number of anilines is 1. The third-order valence-electron chi connectivity index (χ3n) is 3.89. The molecule has 1 amide bonds. The number of guanidine groups is 1. The number of nitrogens with zero attached hydrogens (tertiary/aromatic N) is 1. The highest BCUT2D eigenvalue weighted by molar-refractivity contribution is 14.0. The van der Waals surface area contributed by atoms with Crippen molar-refractivity contribution >= 4 is 41.5 Å². The van der Waals surface area contributed by atoms with Crippen LogP contribution in [0.4, 0.5) is 5.69 Å². The summed E-state index contributed by atoms with van der Waals surface area (Å²) < 4.78 is 5.55. The zero-order chi connectivity index (χ0) is 19.9. The van der Waals surface area contributed by atoms with E-state index in [1.165, 1.54) is 0 Å². The number of hydrogen-bond acceptors (Lipinski definition) is 3. The first kappa shape index (κ1) is 26.6. The second-order valence-electron chi connectivity index (χ2n) is 7.02. The maximum absolute atomic E-state index is 11.9. The van der Waals surface area contributed by atoms with Gasteiger partial charge in [-0.15, -0.1) is 24.0 Å². The standard InChI is InChI=1S/C21H36N4O2.HI/c1-5-6-12-27-13-8-11-23-21(22-4)24-16-18-9-7-10-19(15-18)25-20(26)14-17(2)3;/h7,9-10,15,17H,5-6,8,11-14,16H2,1-4H3,(H,25,26)(H2,22,23,24);1H. The Balaban J connectivity index is 0.00000729. The van der Waals surface area contributed by atoms with E-state index in [2.05, 4.69) is 27.9 Å². The molecule has 0 aromatic heterocycles. The lowest BCUT2D eigenvalue weighted by Crippen LogP contribution is -2.37. The average molecular weight is 504 g/mol. The summed E-state index contributed by atoms with van der Waals surface area (Å²) in [6, 6.07) is 7.87. The average Bonchev–Trinajstić information content (AvgIpc) is 2.63. The highest BCUT2D eigenvalue weighted by atomic mass is 127. The minimum Gasteiger partial charge on any atom is -0.381 e. The molecule has 0 heterocycles. The molecular weight excluding hydrogens is 467 g/mol. The Morgan fingerprint density at radius 2 is 1.93 bits per heavy atom. The van der Waals surface area contributed by atoms with Gasteiger partial charge in [0.15, 0.2) is 5.96 Å². The van der Waals surface area contributed by atoms with Crippen molar-refractivity contribution in [2.45, 2.75) is 53.0 Å². The van der Waals surface area contributed by atoms with Crippen LogP contribution >= 0.6 is 24.0 Å². The number of nitrogens with one attached hydrogen (secondary N) is 3. The van der Waals surface area contributed by atoms with Crippen LogP contribution in [0.3, 0.4) is 0 Å². The van der Waals surface area contributed by atoms with Crippen LogP contribution in [0.15, 0.2) is 29.3 Å². The topological polar surface area (TPSA) is 74.8 Å². The summed E-state index contributed by atoms with van der Waals surface area (Å²) >= 11 is 0. The predicted octanol–water partition coefficient (Wildman–Crippen LogP) is 4.16. The Morgan fingerprint density at radius 1 is 1.18 bits per heavy atom. The molecular formula is C21H37IN4O2. The van der Waals surface area contributed by atoms with E-state index < -0.39 is 0 Å². The van der Waals surface area contributed by atoms with Crippen LogP contribution in [0.1, 0.15) is 52.0 Å². The van der Waals surface area contributed by atoms with E-state index >= 15 is 0 Å². The van der Waals surface area contributed by atoms with Crippen molar-refractivity contribution in [2.24, 2.45) is 10.9 Å². The van der Waals surface area contributed by atoms with Gasteiger partial charge >= 0.3 is 0 Å². The SMILES string of the molecule is CCCCOCCCNC(=NC)NCc1cccc(NC(=O)CC(C)C)c1.I. The lowest BCUT2D eigenvalue weighted by Gasteiger charge is -2.13. The van der Waals surface area contributed by atoms with E-state index in [1.807, 2.05) is 38.1 Å². The predicted molar refractivity (Wildman–Crippen MR) is 128 cm³/mol. The number of amides is 1. The zero-order valence-corrected chi connectivity index (χ0v) is 20.0. The molecule has 0 bridgehead atoms. The van der Waals surface area contributed by atoms with Gasteiger partial charge in [0.1, 0.15) is 0 Å². The number of hydrogen-bond donors (Lipinski definition) is 3. The summed E-state index contributed by atoms with van der Waals surface area (Å²) in [6.07, 6.45) is 3.76. The number of halogens is 1. The van der Waals surface area contributed by atoms with Gasteiger partial charge in [0.2, 0.25) is 5.91 Å². The normalized spacial score (nSPS) is 11.1. The Labute approximate surface area is 187 Å². The monoisotopic (exact) mass is 504 g/mol. The summed E-state index contributed by atoms with van der Waals surface area (Å²) in [6.45, 7) is 9.30. The summed E-state index contributed by atoms with van der Waals surface area (Å²) in [4.78, 5) is 16.1. The fraction of sp³-hybridized carbons (Fsp3) is 0.619. The van der Waals surface area contributed by atoms with E-state index in [-0.39, 0.29) is 29.9 Å². The van der Waals surface area contributed by atoms with Crippen LogP contribution in [0, 0.1) is 5.92 Å². The lowest BCUT2D eigenvalue weighted by atomic mass is 10.1. The Bertz CT molecular complexity index is 579. The fourth-order valence-corrected chi connectivity index (χ4v) is 2.48. The van der Waals surface area contributed by atoms with E-state index in [9.17, 15) is 4.79 Å². The van der Waals surface area contributed by atoms with E-state index in [1.54, 1.807) is 7.05 Å². The van der Waals surface area contributed by atoms with Gasteiger partial charge in [-0.2, -0.15) is 0 Å². The smallest absolute Gasteiger partial charge is 0.224 e. The largest absolute Gasteiger partial charge is 0.381 e. The molecule has 7 heteroatoms. The van der Waals surface area contributed by atoms with Crippen LogP contribution in [-0.4, -0.2) is 38.7 Å². The highest BCUT2D eigenvalue weighted by Crippen LogP contribution is 2.12. The Kier molecular flexibility index (Phi) is 15.8. The summed E-state index contributed by atoms with van der Waals surface area (Å²) in [7, 11) is 1.76. The van der Waals surface area contributed by atoms with Crippen molar-refractivity contribution in [3.63, 3.8) is 0 Å². The molecule has 6 nitrogen and oxygen atoms in total. The Morgan fingerprint density at radius 3 is 2.61 bits per heavy atom. The summed E-state index contributed by atoms with van der Waals surface area (Å²) in [5.41, 5.74) is 1.91. The summed E-state index contributed by atoms with van der Waals surface area (Å²) in [5, 5.41) is 9.53. The highest BCUT2D eigenvalue weighted by Gasteiger charge is 2.06. The first-order valence-electron chi connectivity index (χ1n) is 9.96. The molecule has 0 fully saturated rings. The van der Waals surface area contributed by atoms with Crippen molar-refractivity contribution in [3.8, 4) is 0 Å². The number of unbranched alkanes of at least 4 members (excludes halogenated alkanes) is 1. The summed E-state index contributed by atoms with van der Waals surface area (Å²) in [5.74, 6) is 1.16. The zero-order valence-electron chi connectivity index (χ0n) is 17.7. The molecule has 0 aliphatic heterocycles. The number of carbonyl (C=O) groups excluding carboxylic acids is 1. The quantitative estimate of drug-likeness (QED) is 0.173. The van der Waals surface area contributed by atoms with Crippen LogP contribution in [-0.2, 0) is 16.1 Å². The number of carbonyl (C=O) groups is 1. The maximum atomic E-state index is 11.9. The number of ether oxygens (including phenoxy) is 1. The molecule has 28 heavy (non-hydrogen) atoms. The second kappa shape index (κ2) is 16.6. The van der Waals surface area contributed by atoms with Gasteiger partial charge in [-0.1, -0.05) is 39.3 Å². The van der Waals surface area contributed by atoms with Gasteiger partial charge in [-0.25, -0.2) is 0 Å². The van der Waals surface area contributed by atoms with E-state index in [4.69, 9.17) is 4.74 Å². The first-order valence-corrected chi connectivity index (χ1v) is 9.96. The van der Waals surface area contributed by atoms with Crippen LogP contribution < -0.4 is 16.0 Å². The number of benzene rings is 1. The molecule has 0 saturated heterocycles. The maximum Gasteiger partial charge on any atom is 0.224 e. The van der Waals surface area contributed by atoms with Gasteiger partial charge in [0, 0.05) is 45.5 Å². The molecule has 160 valence electrons. The first-order chi connectivity index (χ1) is 13.0. The third kappa shape index (κ3) is 12.9. The molecule has 0 atom stereocenters. The van der Waals surface area contributed by atoms with Gasteiger partial charge < -0.3 is 20.7 Å². The third-order valence-corrected chi connectivity index (χ3v) is 3.89. The van der Waals surface area contributed by atoms with Crippen LogP contribution in [0.5, 0.6) is 0 Å². The molecule has 3 N–H and O–H groups in total. The lowest BCUT2D eigenvalue weighted by molar-refractivity contribution is -0.116. The molecule has 0 spiro atoms. The molecule has 1 aromatic rings. The van der Waals surface area contributed by atoms with Crippen molar-refractivity contribution in [2.75, 3.05) is 32.1 Å². The second-order valence-corrected chi connectivity index (χ2v) is 7.02.